The lowest BCUT2D eigenvalue weighted by molar-refractivity contribution is 0.600. The molecule has 0 saturated carbocycles. The highest BCUT2D eigenvalue weighted by Gasteiger charge is 2.18. The number of nitrogens with zero attached hydrogens (tertiary/aromatic N) is 1. The Labute approximate surface area is 127 Å². The molecule has 0 aliphatic carbocycles. The van der Waals surface area contributed by atoms with Gasteiger partial charge in [0.2, 0.25) is 0 Å². The van der Waals surface area contributed by atoms with Crippen molar-refractivity contribution < 1.29 is 16.8 Å². The molecule has 0 atom stereocenters. The minimum Gasteiger partial charge on any atom is -0.280 e. The summed E-state index contributed by atoms with van der Waals surface area (Å²) >= 11 is 5.75. The van der Waals surface area contributed by atoms with Crippen molar-refractivity contribution in [3.05, 3.63) is 47.7 Å². The highest BCUT2D eigenvalue weighted by atomic mass is 35.5. The Balaban J connectivity index is 2.32. The summed E-state index contributed by atoms with van der Waals surface area (Å²) < 4.78 is 49.3. The Morgan fingerprint density at radius 3 is 2.19 bits per heavy atom. The van der Waals surface area contributed by atoms with Gasteiger partial charge in [-0.1, -0.05) is 11.6 Å². The lowest BCUT2D eigenvalue weighted by Crippen LogP contribution is -2.14. The summed E-state index contributed by atoms with van der Waals surface area (Å²) in [5.74, 6) is 0. The van der Waals surface area contributed by atoms with Crippen molar-refractivity contribution >= 4 is 37.1 Å². The molecule has 1 heterocycles. The van der Waals surface area contributed by atoms with E-state index in [0.29, 0.717) is 0 Å². The first kappa shape index (κ1) is 15.7. The second-order valence-electron chi connectivity index (χ2n) is 4.19. The van der Waals surface area contributed by atoms with Crippen LogP contribution in [0.25, 0.3) is 0 Å². The number of hydrogen-bond donors (Lipinski definition) is 1. The standard InChI is InChI=1S/C12H11ClN2O4S2/c1-20(16,17)10-6-4-9(5-7-10)15-21(18,19)11-3-2-8-14-12(11)13/h2-8,15H,1H3. The molecule has 0 spiro atoms. The molecule has 2 aromatic rings. The lowest BCUT2D eigenvalue weighted by atomic mass is 10.3. The molecule has 21 heavy (non-hydrogen) atoms. The Bertz CT molecular complexity index is 862. The molecule has 1 N–H and O–H groups in total. The van der Waals surface area contributed by atoms with Gasteiger partial charge in [-0.15, -0.1) is 0 Å². The van der Waals surface area contributed by atoms with E-state index in [4.69, 9.17) is 11.6 Å². The van der Waals surface area contributed by atoms with Crippen molar-refractivity contribution in [2.75, 3.05) is 11.0 Å². The zero-order valence-corrected chi connectivity index (χ0v) is 13.2. The number of sulfone groups is 1. The van der Waals surface area contributed by atoms with E-state index in [9.17, 15) is 16.8 Å². The van der Waals surface area contributed by atoms with Crippen molar-refractivity contribution in [3.63, 3.8) is 0 Å². The largest absolute Gasteiger partial charge is 0.280 e. The molecule has 2 rings (SSSR count). The molecule has 112 valence electrons. The molecule has 0 bridgehead atoms. The Hall–Kier alpha value is -1.64. The number of rotatable bonds is 4. The van der Waals surface area contributed by atoms with Gasteiger partial charge < -0.3 is 0 Å². The molecule has 0 amide bonds. The summed E-state index contributed by atoms with van der Waals surface area (Å²) in [5.41, 5.74) is 0.224. The van der Waals surface area contributed by atoms with Crippen LogP contribution in [0, 0.1) is 0 Å². The van der Waals surface area contributed by atoms with Gasteiger partial charge >= 0.3 is 0 Å². The smallest absolute Gasteiger partial charge is 0.264 e. The van der Waals surface area contributed by atoms with Gasteiger partial charge in [-0.05, 0) is 36.4 Å². The number of anilines is 1. The predicted octanol–water partition coefficient (Wildman–Crippen LogP) is 1.94. The normalized spacial score (nSPS) is 12.1. The van der Waals surface area contributed by atoms with Gasteiger partial charge in [0.05, 0.1) is 4.90 Å². The summed E-state index contributed by atoms with van der Waals surface area (Å²) in [5, 5.41) is -0.141. The number of benzene rings is 1. The van der Waals surface area contributed by atoms with E-state index >= 15 is 0 Å². The van der Waals surface area contributed by atoms with E-state index in [0.717, 1.165) is 6.26 Å². The molecule has 0 unspecified atom stereocenters. The van der Waals surface area contributed by atoms with E-state index in [1.54, 1.807) is 0 Å². The highest BCUT2D eigenvalue weighted by molar-refractivity contribution is 7.92. The second-order valence-corrected chi connectivity index (χ2v) is 8.22. The Kier molecular flexibility index (Phi) is 4.22. The molecule has 6 nitrogen and oxygen atoms in total. The number of nitrogens with one attached hydrogen (secondary N) is 1. The number of halogens is 1. The van der Waals surface area contributed by atoms with Gasteiger partial charge in [-0.3, -0.25) is 4.72 Å². The molecule has 0 radical (unpaired) electrons. The van der Waals surface area contributed by atoms with Crippen LogP contribution in [-0.2, 0) is 19.9 Å². The van der Waals surface area contributed by atoms with Crippen LogP contribution in [0.3, 0.4) is 0 Å². The van der Waals surface area contributed by atoms with Crippen LogP contribution in [0.1, 0.15) is 0 Å². The van der Waals surface area contributed by atoms with Crippen molar-refractivity contribution in [2.24, 2.45) is 0 Å². The molecule has 0 aliphatic heterocycles. The van der Waals surface area contributed by atoms with Crippen molar-refractivity contribution in [1.82, 2.24) is 4.98 Å². The van der Waals surface area contributed by atoms with Crippen LogP contribution in [0.4, 0.5) is 5.69 Å². The predicted molar refractivity (Wildman–Crippen MR) is 79.6 cm³/mol. The van der Waals surface area contributed by atoms with Crippen molar-refractivity contribution in [2.45, 2.75) is 9.79 Å². The average Bonchev–Trinajstić information content (AvgIpc) is 2.38. The minimum absolute atomic E-state index is 0.102. The van der Waals surface area contributed by atoms with E-state index in [2.05, 4.69) is 9.71 Å². The zero-order chi connectivity index (χ0) is 15.7. The number of aromatic nitrogens is 1. The maximum Gasteiger partial charge on any atom is 0.264 e. The molecule has 9 heteroatoms. The van der Waals surface area contributed by atoms with Crippen LogP contribution in [0.2, 0.25) is 5.15 Å². The van der Waals surface area contributed by atoms with E-state index in [1.807, 2.05) is 0 Å². The zero-order valence-electron chi connectivity index (χ0n) is 10.8. The first-order chi connectivity index (χ1) is 9.70. The minimum atomic E-state index is -3.89. The topological polar surface area (TPSA) is 93.2 Å². The fraction of sp³-hybridized carbons (Fsp3) is 0.0833. The number of pyridine rings is 1. The summed E-state index contributed by atoms with van der Waals surface area (Å²) in [6.45, 7) is 0. The lowest BCUT2D eigenvalue weighted by Gasteiger charge is -2.09. The first-order valence-corrected chi connectivity index (χ1v) is 9.39. The summed E-state index contributed by atoms with van der Waals surface area (Å²) in [7, 11) is -7.22. The molecule has 1 aromatic carbocycles. The quantitative estimate of drug-likeness (QED) is 0.854. The second kappa shape index (κ2) is 5.63. The van der Waals surface area contributed by atoms with Crippen LogP contribution in [-0.4, -0.2) is 28.1 Å². The van der Waals surface area contributed by atoms with Gasteiger partial charge in [0.25, 0.3) is 10.0 Å². The molecule has 0 saturated heterocycles. The maximum atomic E-state index is 12.2. The monoisotopic (exact) mass is 346 g/mol. The molecule has 0 aliphatic rings. The SMILES string of the molecule is CS(=O)(=O)c1ccc(NS(=O)(=O)c2cccnc2Cl)cc1. The van der Waals surface area contributed by atoms with Crippen molar-refractivity contribution in [3.8, 4) is 0 Å². The third kappa shape index (κ3) is 3.72. The van der Waals surface area contributed by atoms with Crippen LogP contribution in [0.5, 0.6) is 0 Å². The summed E-state index contributed by atoms with van der Waals surface area (Å²) in [6.07, 6.45) is 2.45. The fourth-order valence-electron chi connectivity index (χ4n) is 1.55. The Morgan fingerprint density at radius 2 is 1.67 bits per heavy atom. The fourth-order valence-corrected chi connectivity index (χ4v) is 3.70. The third-order valence-corrected chi connectivity index (χ3v) is 5.50. The van der Waals surface area contributed by atoms with E-state index in [1.165, 1.54) is 42.6 Å². The van der Waals surface area contributed by atoms with Gasteiger partial charge in [0, 0.05) is 18.1 Å². The third-order valence-electron chi connectivity index (χ3n) is 2.55. The summed E-state index contributed by atoms with van der Waals surface area (Å²) in [6, 6.07) is 8.13. The first-order valence-electron chi connectivity index (χ1n) is 5.63. The highest BCUT2D eigenvalue weighted by Crippen LogP contribution is 2.22. The van der Waals surface area contributed by atoms with Gasteiger partial charge in [-0.2, -0.15) is 0 Å². The van der Waals surface area contributed by atoms with Gasteiger partial charge in [0.1, 0.15) is 10.0 Å². The van der Waals surface area contributed by atoms with Crippen LogP contribution >= 0.6 is 11.6 Å². The van der Waals surface area contributed by atoms with E-state index in [-0.39, 0.29) is 20.6 Å². The van der Waals surface area contributed by atoms with Gasteiger partial charge in [-0.25, -0.2) is 21.8 Å². The molecule has 0 fully saturated rings. The maximum absolute atomic E-state index is 12.2. The van der Waals surface area contributed by atoms with Crippen LogP contribution in [0.15, 0.2) is 52.4 Å². The van der Waals surface area contributed by atoms with Crippen LogP contribution < -0.4 is 4.72 Å². The Morgan fingerprint density at radius 1 is 1.05 bits per heavy atom. The molecular formula is C12H11ClN2O4S2. The molecule has 1 aromatic heterocycles. The number of sulfonamides is 1. The number of hydrogen-bond acceptors (Lipinski definition) is 5. The average molecular weight is 347 g/mol. The van der Waals surface area contributed by atoms with E-state index < -0.39 is 19.9 Å². The summed E-state index contributed by atoms with van der Waals surface area (Å²) in [4.78, 5) is 3.65. The molecular weight excluding hydrogens is 336 g/mol. The van der Waals surface area contributed by atoms with Gasteiger partial charge in [0.15, 0.2) is 9.84 Å². The van der Waals surface area contributed by atoms with Crippen molar-refractivity contribution in [1.29, 1.82) is 0 Å².